The lowest BCUT2D eigenvalue weighted by Gasteiger charge is -2.23. The highest BCUT2D eigenvalue weighted by molar-refractivity contribution is 5.34. The van der Waals surface area contributed by atoms with Crippen LogP contribution in [0.4, 0.5) is 0 Å². The molecule has 0 bridgehead atoms. The second-order valence-electron chi connectivity index (χ2n) is 3.85. The molecule has 0 radical (unpaired) electrons. The van der Waals surface area contributed by atoms with E-state index in [0.29, 0.717) is 6.04 Å². The minimum atomic E-state index is 0.300. The fraction of sp³-hybridized carbons (Fsp3) is 0.231. The third-order valence-electron chi connectivity index (χ3n) is 2.92. The van der Waals surface area contributed by atoms with Gasteiger partial charge in [-0.15, -0.1) is 0 Å². The third-order valence-corrected chi connectivity index (χ3v) is 2.92. The normalized spacial score (nSPS) is 19.9. The van der Waals surface area contributed by atoms with Gasteiger partial charge in [0.25, 0.3) is 0 Å². The Morgan fingerprint density at radius 1 is 1.13 bits per heavy atom. The van der Waals surface area contributed by atoms with Crippen LogP contribution in [-0.2, 0) is 6.42 Å². The molecule has 1 aliphatic rings. The van der Waals surface area contributed by atoms with Crippen LogP contribution in [0, 0.1) is 0 Å². The van der Waals surface area contributed by atoms with Crippen LogP contribution >= 0.6 is 0 Å². The van der Waals surface area contributed by atoms with Crippen molar-refractivity contribution in [1.29, 1.82) is 0 Å². The zero-order chi connectivity index (χ0) is 10.1. The second-order valence-corrected chi connectivity index (χ2v) is 3.85. The molecule has 0 saturated heterocycles. The predicted octanol–water partition coefficient (Wildman–Crippen LogP) is 2.51. The molecular formula is C13H13NO. The second kappa shape index (κ2) is 3.55. The van der Waals surface area contributed by atoms with Crippen LogP contribution < -0.4 is 5.32 Å². The van der Waals surface area contributed by atoms with Gasteiger partial charge in [-0.2, -0.15) is 0 Å². The number of benzene rings is 1. The number of hydrogen-bond acceptors (Lipinski definition) is 2. The molecule has 1 atom stereocenters. The Hall–Kier alpha value is -1.54. The Morgan fingerprint density at radius 3 is 2.87 bits per heavy atom. The van der Waals surface area contributed by atoms with E-state index < -0.39 is 0 Å². The SMILES string of the molecule is c1ccc([C@H]2NCCc3occc32)cc1. The van der Waals surface area contributed by atoms with Crippen LogP contribution in [0.2, 0.25) is 0 Å². The Kier molecular flexibility index (Phi) is 2.07. The minimum Gasteiger partial charge on any atom is -0.469 e. The molecule has 0 aliphatic carbocycles. The van der Waals surface area contributed by atoms with Crippen molar-refractivity contribution >= 4 is 0 Å². The van der Waals surface area contributed by atoms with E-state index in [-0.39, 0.29) is 0 Å². The van der Waals surface area contributed by atoms with Gasteiger partial charge in [-0.3, -0.25) is 0 Å². The molecule has 0 spiro atoms. The first-order valence-electron chi connectivity index (χ1n) is 5.30. The molecule has 1 N–H and O–H groups in total. The van der Waals surface area contributed by atoms with E-state index in [2.05, 4.69) is 35.6 Å². The quantitative estimate of drug-likeness (QED) is 0.763. The lowest BCUT2D eigenvalue weighted by atomic mass is 9.95. The van der Waals surface area contributed by atoms with Crippen molar-refractivity contribution in [3.8, 4) is 0 Å². The summed E-state index contributed by atoms with van der Waals surface area (Å²) in [5.74, 6) is 1.13. The molecule has 2 heterocycles. The molecule has 2 aromatic rings. The summed E-state index contributed by atoms with van der Waals surface area (Å²) in [5.41, 5.74) is 2.59. The number of rotatable bonds is 1. The average Bonchev–Trinajstić information content (AvgIpc) is 2.78. The van der Waals surface area contributed by atoms with Crippen LogP contribution in [-0.4, -0.2) is 6.54 Å². The molecule has 3 rings (SSSR count). The van der Waals surface area contributed by atoms with Crippen LogP contribution in [0.3, 0.4) is 0 Å². The summed E-state index contributed by atoms with van der Waals surface area (Å²) in [6.07, 6.45) is 2.78. The van der Waals surface area contributed by atoms with Crippen molar-refractivity contribution in [3.63, 3.8) is 0 Å². The summed E-state index contributed by atoms with van der Waals surface area (Å²) in [4.78, 5) is 0. The zero-order valence-corrected chi connectivity index (χ0v) is 8.44. The molecule has 1 aromatic heterocycles. The fourth-order valence-electron chi connectivity index (χ4n) is 2.19. The van der Waals surface area contributed by atoms with Crippen LogP contribution in [0.1, 0.15) is 22.9 Å². The van der Waals surface area contributed by atoms with Gasteiger partial charge in [-0.05, 0) is 11.6 Å². The Bertz CT molecular complexity index is 447. The van der Waals surface area contributed by atoms with E-state index in [1.165, 1.54) is 11.1 Å². The monoisotopic (exact) mass is 199 g/mol. The van der Waals surface area contributed by atoms with E-state index in [1.54, 1.807) is 6.26 Å². The van der Waals surface area contributed by atoms with Crippen molar-refractivity contribution in [2.24, 2.45) is 0 Å². The van der Waals surface area contributed by atoms with Gasteiger partial charge in [0, 0.05) is 18.5 Å². The fourth-order valence-corrected chi connectivity index (χ4v) is 2.19. The summed E-state index contributed by atoms with van der Waals surface area (Å²) >= 11 is 0. The van der Waals surface area contributed by atoms with Crippen molar-refractivity contribution in [2.75, 3.05) is 6.54 Å². The molecule has 2 nitrogen and oxygen atoms in total. The topological polar surface area (TPSA) is 25.2 Å². The molecule has 0 fully saturated rings. The van der Waals surface area contributed by atoms with E-state index in [1.807, 2.05) is 6.07 Å². The number of furan rings is 1. The largest absolute Gasteiger partial charge is 0.469 e. The first kappa shape index (κ1) is 8.74. The highest BCUT2D eigenvalue weighted by Crippen LogP contribution is 2.28. The van der Waals surface area contributed by atoms with E-state index in [9.17, 15) is 0 Å². The van der Waals surface area contributed by atoms with Crippen LogP contribution in [0.5, 0.6) is 0 Å². The molecule has 0 unspecified atom stereocenters. The van der Waals surface area contributed by atoms with Gasteiger partial charge >= 0.3 is 0 Å². The summed E-state index contributed by atoms with van der Waals surface area (Å²) < 4.78 is 5.47. The molecule has 2 heteroatoms. The highest BCUT2D eigenvalue weighted by atomic mass is 16.3. The Labute approximate surface area is 88.9 Å². The van der Waals surface area contributed by atoms with Gasteiger partial charge in [0.2, 0.25) is 0 Å². The zero-order valence-electron chi connectivity index (χ0n) is 8.44. The van der Waals surface area contributed by atoms with Gasteiger partial charge < -0.3 is 9.73 Å². The van der Waals surface area contributed by atoms with E-state index in [4.69, 9.17) is 4.42 Å². The van der Waals surface area contributed by atoms with Crippen molar-refractivity contribution in [3.05, 3.63) is 59.5 Å². The van der Waals surface area contributed by atoms with Crippen molar-refractivity contribution in [2.45, 2.75) is 12.5 Å². The van der Waals surface area contributed by atoms with Gasteiger partial charge in [0.05, 0.1) is 12.3 Å². The van der Waals surface area contributed by atoms with E-state index >= 15 is 0 Å². The van der Waals surface area contributed by atoms with E-state index in [0.717, 1.165) is 18.7 Å². The van der Waals surface area contributed by atoms with Gasteiger partial charge in [0.1, 0.15) is 5.76 Å². The lowest BCUT2D eigenvalue weighted by Crippen LogP contribution is -2.29. The molecule has 1 aromatic carbocycles. The molecule has 76 valence electrons. The summed E-state index contributed by atoms with van der Waals surface area (Å²) in [7, 11) is 0. The maximum absolute atomic E-state index is 5.47. The van der Waals surface area contributed by atoms with Crippen molar-refractivity contribution < 1.29 is 4.42 Å². The first-order chi connectivity index (χ1) is 7.45. The predicted molar refractivity (Wildman–Crippen MR) is 58.7 cm³/mol. The number of nitrogens with one attached hydrogen (secondary N) is 1. The van der Waals surface area contributed by atoms with Gasteiger partial charge in [0.15, 0.2) is 0 Å². The maximum Gasteiger partial charge on any atom is 0.110 e. The van der Waals surface area contributed by atoms with Gasteiger partial charge in [-0.25, -0.2) is 0 Å². The summed E-state index contributed by atoms with van der Waals surface area (Å²) in [6, 6.07) is 12.9. The standard InChI is InChI=1S/C13H13NO/c1-2-4-10(5-3-1)13-11-7-9-15-12(11)6-8-14-13/h1-5,7,9,13-14H,6,8H2/t13-/m1/s1. The number of hydrogen-bond donors (Lipinski definition) is 1. The van der Waals surface area contributed by atoms with Gasteiger partial charge in [-0.1, -0.05) is 30.3 Å². The molecule has 1 aliphatic heterocycles. The Morgan fingerprint density at radius 2 is 2.00 bits per heavy atom. The minimum absolute atomic E-state index is 0.300. The first-order valence-corrected chi connectivity index (χ1v) is 5.30. The molecule has 0 amide bonds. The maximum atomic E-state index is 5.47. The Balaban J connectivity index is 2.03. The molecule has 0 saturated carbocycles. The smallest absolute Gasteiger partial charge is 0.110 e. The van der Waals surface area contributed by atoms with Crippen LogP contribution in [0.25, 0.3) is 0 Å². The summed E-state index contributed by atoms with van der Waals surface area (Å²) in [6.45, 7) is 0.986. The van der Waals surface area contributed by atoms with Crippen LogP contribution in [0.15, 0.2) is 47.1 Å². The average molecular weight is 199 g/mol. The molecule has 15 heavy (non-hydrogen) atoms. The summed E-state index contributed by atoms with van der Waals surface area (Å²) in [5, 5.41) is 3.52. The highest BCUT2D eigenvalue weighted by Gasteiger charge is 2.22. The lowest BCUT2D eigenvalue weighted by molar-refractivity contribution is 0.456. The van der Waals surface area contributed by atoms with Crippen molar-refractivity contribution in [1.82, 2.24) is 5.32 Å². The number of fused-ring (bicyclic) bond motifs is 1. The molecular weight excluding hydrogens is 186 g/mol. The third kappa shape index (κ3) is 1.47.